The van der Waals surface area contributed by atoms with Gasteiger partial charge in [-0.1, -0.05) is 24.0 Å². The molecule has 3 fully saturated rings. The molecule has 1 atom stereocenters. The molecule has 7 heterocycles. The lowest BCUT2D eigenvalue weighted by Crippen LogP contribution is -2.56. The van der Waals surface area contributed by atoms with E-state index in [9.17, 15) is 32.8 Å². The number of aromatic amines is 1. The fraction of sp³-hybridized carbons (Fsp3) is 0.429. The number of ether oxygens (including phenoxy) is 2. The van der Waals surface area contributed by atoms with Gasteiger partial charge in [-0.05, 0) is 49.6 Å². The Morgan fingerprint density at radius 1 is 0.984 bits per heavy atom. The number of piperidine rings is 2. The standard InChI is InChI=1S/C42H45F2N11O7/c1-51-38-26(5-2-9-33(38)55(42(51)60)34-10-11-35(56)48-41(34)59)6-4-19-61-21-22-62-20-15-36(57)52-17-13-27(14-18-52)53-23-28(24-53)54-25-32(37(50-54)39(43)44)47-40(58)31-8-3-7-29(46-31)30-12-16-45-49-30/h2-3,5,7-9,12,16,25,27-28,34,39H,10-11,13-15,17-24H2,1H3,(H,45,49)(H,47,58)(H,48,56,59). The highest BCUT2D eigenvalue weighted by atomic mass is 19.3. The average molecular weight is 854 g/mol. The highest BCUT2D eigenvalue weighted by Crippen LogP contribution is 2.33. The molecule has 3 saturated heterocycles. The molecule has 8 rings (SSSR count). The molecular formula is C42H45F2N11O7. The maximum atomic E-state index is 14.0. The number of aromatic nitrogens is 7. The molecule has 3 aliphatic rings. The number of H-pyrrole nitrogens is 1. The minimum atomic E-state index is -2.89. The third-order valence-electron chi connectivity index (χ3n) is 11.4. The van der Waals surface area contributed by atoms with Crippen LogP contribution in [0.5, 0.6) is 0 Å². The smallest absolute Gasteiger partial charge is 0.329 e. The van der Waals surface area contributed by atoms with Crippen LogP contribution < -0.4 is 16.3 Å². The van der Waals surface area contributed by atoms with E-state index < -0.39 is 30.0 Å². The Morgan fingerprint density at radius 2 is 1.77 bits per heavy atom. The average Bonchev–Trinajstić information content (AvgIpc) is 4.00. The molecule has 3 aliphatic heterocycles. The zero-order valence-corrected chi connectivity index (χ0v) is 33.9. The van der Waals surface area contributed by atoms with Gasteiger partial charge in [0.1, 0.15) is 18.3 Å². The third-order valence-corrected chi connectivity index (χ3v) is 11.4. The Hall–Kier alpha value is -6.56. The number of hydrogen-bond acceptors (Lipinski definition) is 11. The van der Waals surface area contributed by atoms with E-state index in [0.29, 0.717) is 54.2 Å². The van der Waals surface area contributed by atoms with Gasteiger partial charge in [-0.25, -0.2) is 18.6 Å². The second kappa shape index (κ2) is 18.6. The van der Waals surface area contributed by atoms with Crippen LogP contribution in [0.2, 0.25) is 0 Å². The first-order chi connectivity index (χ1) is 30.0. The SMILES string of the molecule is Cn1c(=O)n(C2CCC(=O)NC2=O)c2cccc(C#CCOCCOCCC(=O)N3CCC(N4CC(n5cc(NC(=O)c6cccc(-c7ccn[nH]7)n6)c(C(F)F)n5)C4)CC3)c21. The Labute approximate surface area is 353 Å². The van der Waals surface area contributed by atoms with Gasteiger partial charge in [0.2, 0.25) is 17.7 Å². The molecular weight excluding hydrogens is 809 g/mol. The van der Waals surface area contributed by atoms with Crippen molar-refractivity contribution in [3.8, 4) is 23.2 Å². The number of hydrogen-bond donors (Lipinski definition) is 3. The van der Waals surface area contributed by atoms with Crippen molar-refractivity contribution in [1.82, 2.24) is 49.2 Å². The number of pyridine rings is 1. The summed E-state index contributed by atoms with van der Waals surface area (Å²) in [4.78, 5) is 71.6. The minimum Gasteiger partial charge on any atom is -0.379 e. The zero-order valence-electron chi connectivity index (χ0n) is 33.9. The number of rotatable bonds is 14. The number of aryl methyl sites for hydroxylation is 1. The summed E-state index contributed by atoms with van der Waals surface area (Å²) in [6.45, 7) is 3.38. The zero-order chi connectivity index (χ0) is 43.3. The first-order valence-electron chi connectivity index (χ1n) is 20.4. The number of imide groups is 1. The van der Waals surface area contributed by atoms with E-state index in [-0.39, 0.29) is 86.7 Å². The van der Waals surface area contributed by atoms with Crippen molar-refractivity contribution in [3.63, 3.8) is 0 Å². The highest BCUT2D eigenvalue weighted by Gasteiger charge is 2.37. The van der Waals surface area contributed by atoms with Crippen LogP contribution >= 0.6 is 0 Å². The molecule has 324 valence electrons. The van der Waals surface area contributed by atoms with Gasteiger partial charge in [0, 0.05) is 58.1 Å². The molecule has 1 aromatic carbocycles. The number of fused-ring (bicyclic) bond motifs is 1. The van der Waals surface area contributed by atoms with Gasteiger partial charge in [-0.15, -0.1) is 0 Å². The number of para-hydroxylation sites is 1. The molecule has 62 heavy (non-hydrogen) atoms. The van der Waals surface area contributed by atoms with Crippen molar-refractivity contribution < 1.29 is 37.4 Å². The van der Waals surface area contributed by atoms with E-state index >= 15 is 0 Å². The Bertz CT molecular complexity index is 2580. The maximum absolute atomic E-state index is 14.0. The monoisotopic (exact) mass is 853 g/mol. The normalized spacial score (nSPS) is 17.5. The number of benzene rings is 1. The van der Waals surface area contributed by atoms with Gasteiger partial charge in [-0.2, -0.15) is 10.2 Å². The van der Waals surface area contributed by atoms with Crippen molar-refractivity contribution in [1.29, 1.82) is 0 Å². The summed E-state index contributed by atoms with van der Waals surface area (Å²) < 4.78 is 43.6. The molecule has 0 saturated carbocycles. The Morgan fingerprint density at radius 3 is 2.53 bits per heavy atom. The van der Waals surface area contributed by atoms with Crippen molar-refractivity contribution in [2.24, 2.45) is 7.05 Å². The number of nitrogens with zero attached hydrogens (tertiary/aromatic N) is 8. The van der Waals surface area contributed by atoms with E-state index in [4.69, 9.17) is 9.47 Å². The molecule has 18 nitrogen and oxygen atoms in total. The van der Waals surface area contributed by atoms with E-state index in [1.165, 1.54) is 26.1 Å². The predicted octanol–water partition coefficient (Wildman–Crippen LogP) is 2.81. The second-order valence-electron chi connectivity index (χ2n) is 15.3. The summed E-state index contributed by atoms with van der Waals surface area (Å²) in [5.74, 6) is 4.54. The number of alkyl halides is 2. The third kappa shape index (κ3) is 9.05. The summed E-state index contributed by atoms with van der Waals surface area (Å²) >= 11 is 0. The molecule has 3 N–H and O–H groups in total. The lowest BCUT2D eigenvalue weighted by Gasteiger charge is -2.47. The molecule has 4 amide bonds. The van der Waals surface area contributed by atoms with Crippen molar-refractivity contribution in [2.75, 3.05) is 57.9 Å². The van der Waals surface area contributed by atoms with Gasteiger partial charge >= 0.3 is 5.69 Å². The molecule has 0 radical (unpaired) electrons. The number of halogens is 2. The summed E-state index contributed by atoms with van der Waals surface area (Å²) in [5.41, 5.74) is 1.98. The Balaban J connectivity index is 0.727. The number of nitrogens with one attached hydrogen (secondary N) is 3. The number of carbonyl (C=O) groups is 4. The van der Waals surface area contributed by atoms with Gasteiger partial charge < -0.3 is 19.7 Å². The van der Waals surface area contributed by atoms with E-state index in [0.717, 1.165) is 12.8 Å². The van der Waals surface area contributed by atoms with Crippen molar-refractivity contribution >= 4 is 40.3 Å². The minimum absolute atomic E-state index is 0.0145. The quantitative estimate of drug-likeness (QED) is 0.0843. The summed E-state index contributed by atoms with van der Waals surface area (Å²) in [6.07, 6.45) is 2.35. The van der Waals surface area contributed by atoms with Gasteiger partial charge in [0.15, 0.2) is 5.69 Å². The van der Waals surface area contributed by atoms with Crippen LogP contribution in [0.3, 0.4) is 0 Å². The van der Waals surface area contributed by atoms with Crippen molar-refractivity contribution in [3.05, 3.63) is 82.3 Å². The Kier molecular flexibility index (Phi) is 12.6. The molecule has 0 spiro atoms. The predicted molar refractivity (Wildman–Crippen MR) is 219 cm³/mol. The van der Waals surface area contributed by atoms with Crippen LogP contribution in [-0.4, -0.2) is 126 Å². The lowest BCUT2D eigenvalue weighted by molar-refractivity contribution is -0.136. The summed E-state index contributed by atoms with van der Waals surface area (Å²) in [7, 11) is 1.62. The van der Waals surface area contributed by atoms with Gasteiger partial charge in [0.05, 0.1) is 66.0 Å². The topological polar surface area (TPSA) is 204 Å². The van der Waals surface area contributed by atoms with E-state index in [1.54, 1.807) is 49.6 Å². The molecule has 5 aromatic rings. The number of anilines is 1. The van der Waals surface area contributed by atoms with Gasteiger partial charge in [0.25, 0.3) is 12.3 Å². The van der Waals surface area contributed by atoms with Gasteiger partial charge in [-0.3, -0.25) is 48.3 Å². The van der Waals surface area contributed by atoms with Crippen LogP contribution in [0.25, 0.3) is 22.4 Å². The maximum Gasteiger partial charge on any atom is 0.329 e. The van der Waals surface area contributed by atoms with Crippen LogP contribution in [-0.2, 0) is 30.9 Å². The van der Waals surface area contributed by atoms with Crippen LogP contribution in [0.1, 0.15) is 72.4 Å². The van der Waals surface area contributed by atoms with E-state index in [2.05, 4.69) is 47.7 Å². The first-order valence-corrected chi connectivity index (χ1v) is 20.4. The van der Waals surface area contributed by atoms with Crippen LogP contribution in [0.15, 0.2) is 59.7 Å². The van der Waals surface area contributed by atoms with Crippen molar-refractivity contribution in [2.45, 2.75) is 56.7 Å². The fourth-order valence-electron chi connectivity index (χ4n) is 8.14. The number of amides is 4. The molecule has 0 aliphatic carbocycles. The summed E-state index contributed by atoms with van der Waals surface area (Å²) in [6, 6.07) is 11.2. The van der Waals surface area contributed by atoms with Crippen LogP contribution in [0, 0.1) is 11.8 Å². The highest BCUT2D eigenvalue weighted by molar-refractivity contribution is 6.03. The first kappa shape index (κ1) is 42.1. The van der Waals surface area contributed by atoms with E-state index in [1.807, 2.05) is 4.90 Å². The fourth-order valence-corrected chi connectivity index (χ4v) is 8.14. The van der Waals surface area contributed by atoms with Crippen LogP contribution in [0.4, 0.5) is 14.5 Å². The number of carbonyl (C=O) groups excluding carboxylic acids is 4. The second-order valence-corrected chi connectivity index (χ2v) is 15.3. The molecule has 0 bridgehead atoms. The number of likely N-dealkylation sites (tertiary alicyclic amines) is 2. The molecule has 1 unspecified atom stereocenters. The number of imidazole rings is 1. The summed E-state index contributed by atoms with van der Waals surface area (Å²) in [5, 5.41) is 15.7. The largest absolute Gasteiger partial charge is 0.379 e. The molecule has 20 heteroatoms. The molecule has 4 aromatic heterocycles. The lowest BCUT2D eigenvalue weighted by atomic mass is 9.97.